The van der Waals surface area contributed by atoms with Gasteiger partial charge in [-0.25, -0.2) is 4.79 Å². The van der Waals surface area contributed by atoms with Gasteiger partial charge < -0.3 is 26.1 Å². The van der Waals surface area contributed by atoms with Crippen LogP contribution in [0.1, 0.15) is 48.5 Å². The Hall–Kier alpha value is -2.64. The summed E-state index contributed by atoms with van der Waals surface area (Å²) in [7, 11) is 0. The van der Waals surface area contributed by atoms with E-state index < -0.39 is 5.97 Å². The fourth-order valence-electron chi connectivity index (χ4n) is 2.50. The van der Waals surface area contributed by atoms with Crippen LogP contribution in [0.5, 0.6) is 5.75 Å². The molecular formula is C19H27NO6. The number of rotatable bonds is 2. The van der Waals surface area contributed by atoms with E-state index in [1.54, 1.807) is 12.2 Å². The monoisotopic (exact) mass is 365 g/mol. The Bertz CT molecular complexity index is 666. The van der Waals surface area contributed by atoms with Crippen molar-refractivity contribution < 1.29 is 30.4 Å². The molecule has 1 aliphatic heterocycles. The Morgan fingerprint density at radius 1 is 1.12 bits per heavy atom. The van der Waals surface area contributed by atoms with Crippen molar-refractivity contribution in [1.82, 2.24) is 0 Å². The molecule has 0 amide bonds. The fraction of sp³-hybridized carbons (Fsp3) is 0.368. The number of cyclic esters (lactones) is 1. The molecule has 0 saturated heterocycles. The van der Waals surface area contributed by atoms with E-state index in [-0.39, 0.29) is 34.7 Å². The Balaban J connectivity index is 0.00000312. The summed E-state index contributed by atoms with van der Waals surface area (Å²) in [6.45, 7) is 2.83. The molecule has 2 rings (SSSR count). The molecule has 7 heteroatoms. The van der Waals surface area contributed by atoms with Crippen molar-refractivity contribution in [3.63, 3.8) is 0 Å². The topological polar surface area (TPSA) is 139 Å². The summed E-state index contributed by atoms with van der Waals surface area (Å²) in [6.07, 6.45) is 9.39. The van der Waals surface area contributed by atoms with Gasteiger partial charge in [0.15, 0.2) is 5.78 Å². The van der Waals surface area contributed by atoms with E-state index in [2.05, 4.69) is 5.32 Å². The van der Waals surface area contributed by atoms with E-state index in [4.69, 9.17) is 4.74 Å². The van der Waals surface area contributed by atoms with E-state index in [0.29, 0.717) is 24.9 Å². The summed E-state index contributed by atoms with van der Waals surface area (Å²) in [5.74, 6) is -0.581. The molecule has 1 aromatic carbocycles. The second kappa shape index (κ2) is 11.8. The van der Waals surface area contributed by atoms with Crippen LogP contribution in [0.25, 0.3) is 6.08 Å². The first-order chi connectivity index (χ1) is 11.6. The summed E-state index contributed by atoms with van der Waals surface area (Å²) in [5.41, 5.74) is 1.52. The van der Waals surface area contributed by atoms with Gasteiger partial charge in [0.2, 0.25) is 0 Å². The number of phenols is 1. The van der Waals surface area contributed by atoms with Gasteiger partial charge >= 0.3 is 5.97 Å². The number of hydrogen-bond donors (Lipinski definition) is 2. The first-order valence-corrected chi connectivity index (χ1v) is 8.25. The quantitative estimate of drug-likeness (QED) is 0.772. The standard InChI is InChI=1S/C19H23NO4.2H2O/c1-2-20-15-12-14-8-4-3-5-9-16(21)10-6-7-11-24-19(23)18(14)17(22)13-15;;/h4,6,8,10,12-13,20,22H,2-3,5,7,9,11H2,1H3;2*1H2/b8-4+,10-6-;;. The van der Waals surface area contributed by atoms with Crippen LogP contribution in [0.3, 0.4) is 0 Å². The highest BCUT2D eigenvalue weighted by atomic mass is 16.5. The van der Waals surface area contributed by atoms with Crippen LogP contribution in [0, 0.1) is 0 Å². The van der Waals surface area contributed by atoms with Crippen LogP contribution >= 0.6 is 0 Å². The third kappa shape index (κ3) is 6.70. The lowest BCUT2D eigenvalue weighted by Gasteiger charge is -2.12. The van der Waals surface area contributed by atoms with Crippen LogP contribution in [0.2, 0.25) is 0 Å². The lowest BCUT2D eigenvalue weighted by Crippen LogP contribution is -2.09. The van der Waals surface area contributed by atoms with Crippen molar-refractivity contribution in [1.29, 1.82) is 0 Å². The van der Waals surface area contributed by atoms with Crippen molar-refractivity contribution >= 4 is 23.5 Å². The maximum absolute atomic E-state index is 12.3. The number of ether oxygens (including phenoxy) is 1. The van der Waals surface area contributed by atoms with Gasteiger partial charge in [-0.3, -0.25) is 4.79 Å². The number of nitrogens with one attached hydrogen (secondary N) is 1. The summed E-state index contributed by atoms with van der Waals surface area (Å²) >= 11 is 0. The van der Waals surface area contributed by atoms with Crippen LogP contribution < -0.4 is 5.32 Å². The molecule has 0 radical (unpaired) electrons. The van der Waals surface area contributed by atoms with Gasteiger partial charge in [0.1, 0.15) is 11.3 Å². The molecule has 0 spiro atoms. The Labute approximate surface area is 153 Å². The zero-order chi connectivity index (χ0) is 17.4. The van der Waals surface area contributed by atoms with Gasteiger partial charge in [0.25, 0.3) is 0 Å². The molecule has 1 aliphatic rings. The van der Waals surface area contributed by atoms with Crippen molar-refractivity contribution in [3.8, 4) is 5.75 Å². The first-order valence-electron chi connectivity index (χ1n) is 8.25. The summed E-state index contributed by atoms with van der Waals surface area (Å²) < 4.78 is 5.21. The lowest BCUT2D eigenvalue weighted by molar-refractivity contribution is -0.114. The fourth-order valence-corrected chi connectivity index (χ4v) is 2.50. The highest BCUT2D eigenvalue weighted by Crippen LogP contribution is 2.29. The predicted octanol–water partition coefficient (Wildman–Crippen LogP) is 2.04. The highest BCUT2D eigenvalue weighted by molar-refractivity contribution is 5.97. The van der Waals surface area contributed by atoms with Crippen LogP contribution in [0.15, 0.2) is 30.4 Å². The minimum absolute atomic E-state index is 0. The first kappa shape index (κ1) is 23.4. The van der Waals surface area contributed by atoms with E-state index in [9.17, 15) is 14.7 Å². The molecule has 6 N–H and O–H groups in total. The molecule has 144 valence electrons. The number of aromatic hydroxyl groups is 1. The largest absolute Gasteiger partial charge is 0.507 e. The second-order valence-electron chi connectivity index (χ2n) is 5.58. The highest BCUT2D eigenvalue weighted by Gasteiger charge is 2.18. The molecule has 0 aromatic heterocycles. The van der Waals surface area contributed by atoms with Gasteiger partial charge in [0, 0.05) is 24.7 Å². The lowest BCUT2D eigenvalue weighted by atomic mass is 10.0. The molecule has 7 nitrogen and oxygen atoms in total. The third-order valence-electron chi connectivity index (χ3n) is 3.65. The summed E-state index contributed by atoms with van der Waals surface area (Å²) in [6, 6.07) is 3.34. The van der Waals surface area contributed by atoms with Gasteiger partial charge in [-0.05, 0) is 43.9 Å². The van der Waals surface area contributed by atoms with Gasteiger partial charge in [-0.2, -0.15) is 0 Å². The van der Waals surface area contributed by atoms with Crippen molar-refractivity contribution in [2.24, 2.45) is 0 Å². The zero-order valence-electron chi connectivity index (χ0n) is 14.9. The normalized spacial score (nSPS) is 17.4. The second-order valence-corrected chi connectivity index (χ2v) is 5.58. The molecule has 1 heterocycles. The van der Waals surface area contributed by atoms with Gasteiger partial charge in [-0.1, -0.05) is 18.2 Å². The molecular weight excluding hydrogens is 338 g/mol. The number of benzene rings is 1. The smallest absolute Gasteiger partial charge is 0.342 e. The molecule has 0 bridgehead atoms. The van der Waals surface area contributed by atoms with Crippen LogP contribution in [-0.2, 0) is 9.53 Å². The van der Waals surface area contributed by atoms with Crippen LogP contribution in [-0.4, -0.2) is 41.0 Å². The van der Waals surface area contributed by atoms with Crippen molar-refractivity contribution in [2.75, 3.05) is 18.5 Å². The molecule has 0 saturated carbocycles. The maximum atomic E-state index is 12.3. The zero-order valence-corrected chi connectivity index (χ0v) is 14.9. The maximum Gasteiger partial charge on any atom is 0.342 e. The minimum Gasteiger partial charge on any atom is -0.507 e. The number of phenolic OH excluding ortho intramolecular Hbond substituents is 1. The molecule has 26 heavy (non-hydrogen) atoms. The van der Waals surface area contributed by atoms with Crippen LogP contribution in [0.4, 0.5) is 5.69 Å². The van der Waals surface area contributed by atoms with E-state index in [1.807, 2.05) is 19.1 Å². The number of esters is 1. The molecule has 0 atom stereocenters. The van der Waals surface area contributed by atoms with Crippen molar-refractivity contribution in [3.05, 3.63) is 41.5 Å². The number of fused-ring (bicyclic) bond motifs is 1. The summed E-state index contributed by atoms with van der Waals surface area (Å²) in [4.78, 5) is 23.9. The van der Waals surface area contributed by atoms with Gasteiger partial charge in [-0.15, -0.1) is 0 Å². The molecule has 0 aliphatic carbocycles. The minimum atomic E-state index is -0.563. The Morgan fingerprint density at radius 3 is 2.58 bits per heavy atom. The number of carbonyl (C=O) groups is 2. The number of allylic oxidation sites excluding steroid dienone is 2. The van der Waals surface area contributed by atoms with Gasteiger partial charge in [0.05, 0.1) is 6.61 Å². The summed E-state index contributed by atoms with van der Waals surface area (Å²) in [5, 5.41) is 13.4. The number of hydrogen-bond acceptors (Lipinski definition) is 5. The number of carbonyl (C=O) groups excluding carboxylic acids is 2. The molecule has 0 fully saturated rings. The van der Waals surface area contributed by atoms with Crippen molar-refractivity contribution in [2.45, 2.75) is 32.6 Å². The van der Waals surface area contributed by atoms with E-state index in [0.717, 1.165) is 18.5 Å². The molecule has 1 aromatic rings. The Kier molecular flexibility index (Phi) is 10.6. The number of ketones is 1. The van der Waals surface area contributed by atoms with E-state index >= 15 is 0 Å². The van der Waals surface area contributed by atoms with E-state index in [1.165, 1.54) is 12.1 Å². The average molecular weight is 365 g/mol. The predicted molar refractivity (Wildman–Crippen MR) is 101 cm³/mol. The average Bonchev–Trinajstić information content (AvgIpc) is 2.53. The number of anilines is 1. The molecule has 0 unspecified atom stereocenters. The SMILES string of the molecule is CCNc1cc(O)c2c(c1)/C=C/CCCC(=O)/C=C\CCOC2=O.O.O. The third-order valence-corrected chi connectivity index (χ3v) is 3.65. The Morgan fingerprint density at radius 2 is 1.85 bits per heavy atom.